The van der Waals surface area contributed by atoms with Gasteiger partial charge in [-0.15, -0.1) is 0 Å². The zero-order valence-corrected chi connectivity index (χ0v) is 9.93. The number of hydrogen-bond donors (Lipinski definition) is 0. The molecule has 78 valence electrons. The Bertz CT molecular complexity index is 157. The molecule has 0 radical (unpaired) electrons. The van der Waals surface area contributed by atoms with Gasteiger partial charge in [0.05, 0.1) is 0 Å². The summed E-state index contributed by atoms with van der Waals surface area (Å²) < 4.78 is 0. The molecule has 1 saturated heterocycles. The SMILES string of the molecule is CCC1CC(C)CCN1C(C)(C)C. The van der Waals surface area contributed by atoms with Crippen LogP contribution < -0.4 is 0 Å². The monoisotopic (exact) mass is 183 g/mol. The van der Waals surface area contributed by atoms with Crippen LogP contribution >= 0.6 is 0 Å². The van der Waals surface area contributed by atoms with Crippen molar-refractivity contribution in [2.45, 2.75) is 65.5 Å². The maximum Gasteiger partial charge on any atom is 0.0127 e. The molecule has 1 aliphatic rings. The molecule has 13 heavy (non-hydrogen) atoms. The van der Waals surface area contributed by atoms with E-state index in [0.717, 1.165) is 12.0 Å². The van der Waals surface area contributed by atoms with E-state index in [0.29, 0.717) is 5.54 Å². The Morgan fingerprint density at radius 2 is 1.92 bits per heavy atom. The summed E-state index contributed by atoms with van der Waals surface area (Å²) >= 11 is 0. The average Bonchev–Trinajstić information content (AvgIpc) is 2.01. The summed E-state index contributed by atoms with van der Waals surface area (Å²) in [5.41, 5.74) is 0.362. The van der Waals surface area contributed by atoms with E-state index in [9.17, 15) is 0 Å². The molecule has 0 N–H and O–H groups in total. The van der Waals surface area contributed by atoms with Gasteiger partial charge >= 0.3 is 0 Å². The van der Waals surface area contributed by atoms with Crippen molar-refractivity contribution in [2.24, 2.45) is 5.92 Å². The van der Waals surface area contributed by atoms with Crippen molar-refractivity contribution in [3.8, 4) is 0 Å². The number of likely N-dealkylation sites (tertiary alicyclic amines) is 1. The summed E-state index contributed by atoms with van der Waals surface area (Å²) in [5.74, 6) is 0.934. The second kappa shape index (κ2) is 4.00. The standard InChI is InChI=1S/C12H25N/c1-6-11-9-10(2)7-8-13(11)12(3,4)5/h10-11H,6-9H2,1-5H3. The molecule has 0 bridgehead atoms. The predicted octanol–water partition coefficient (Wildman–Crippen LogP) is 3.30. The lowest BCUT2D eigenvalue weighted by atomic mass is 9.87. The first-order chi connectivity index (χ1) is 5.95. The van der Waals surface area contributed by atoms with Crippen molar-refractivity contribution in [2.75, 3.05) is 6.54 Å². The minimum absolute atomic E-state index is 0.362. The minimum atomic E-state index is 0.362. The Hall–Kier alpha value is -0.0400. The summed E-state index contributed by atoms with van der Waals surface area (Å²) in [6, 6.07) is 0.823. The fourth-order valence-corrected chi connectivity index (χ4v) is 2.52. The Kier molecular flexibility index (Phi) is 3.39. The smallest absolute Gasteiger partial charge is 0.0127 e. The zero-order chi connectivity index (χ0) is 10.1. The molecule has 0 saturated carbocycles. The third-order valence-electron chi connectivity index (χ3n) is 3.31. The first-order valence-electron chi connectivity index (χ1n) is 5.72. The first-order valence-corrected chi connectivity index (χ1v) is 5.72. The van der Waals surface area contributed by atoms with Crippen molar-refractivity contribution >= 4 is 0 Å². The molecule has 1 fully saturated rings. The molecule has 1 nitrogen and oxygen atoms in total. The zero-order valence-electron chi connectivity index (χ0n) is 9.93. The maximum atomic E-state index is 2.69. The molecule has 1 heterocycles. The first kappa shape index (κ1) is 11.0. The van der Waals surface area contributed by atoms with E-state index in [2.05, 4.69) is 39.5 Å². The highest BCUT2D eigenvalue weighted by Crippen LogP contribution is 2.29. The van der Waals surface area contributed by atoms with Gasteiger partial charge in [-0.2, -0.15) is 0 Å². The highest BCUT2D eigenvalue weighted by molar-refractivity contribution is 4.87. The number of nitrogens with zero attached hydrogens (tertiary/aromatic N) is 1. The van der Waals surface area contributed by atoms with Gasteiger partial charge in [-0.3, -0.25) is 4.90 Å². The van der Waals surface area contributed by atoms with Gasteiger partial charge in [-0.1, -0.05) is 13.8 Å². The third kappa shape index (κ3) is 2.70. The Balaban J connectivity index is 2.63. The van der Waals surface area contributed by atoms with Crippen LogP contribution in [0, 0.1) is 5.92 Å². The molecule has 1 rings (SSSR count). The predicted molar refractivity (Wildman–Crippen MR) is 58.9 cm³/mol. The van der Waals surface area contributed by atoms with Gasteiger partial charge in [0, 0.05) is 11.6 Å². The Labute approximate surface area is 83.5 Å². The van der Waals surface area contributed by atoms with Gasteiger partial charge < -0.3 is 0 Å². The van der Waals surface area contributed by atoms with E-state index in [1.807, 2.05) is 0 Å². The van der Waals surface area contributed by atoms with Gasteiger partial charge in [0.1, 0.15) is 0 Å². The minimum Gasteiger partial charge on any atom is -0.296 e. The number of hydrogen-bond acceptors (Lipinski definition) is 1. The quantitative estimate of drug-likeness (QED) is 0.603. The van der Waals surface area contributed by atoms with Gasteiger partial charge in [0.25, 0.3) is 0 Å². The summed E-state index contributed by atoms with van der Waals surface area (Å²) in [6.45, 7) is 13.0. The Morgan fingerprint density at radius 3 is 2.38 bits per heavy atom. The lowest BCUT2D eigenvalue weighted by Crippen LogP contribution is -2.51. The van der Waals surface area contributed by atoms with Crippen molar-refractivity contribution in [3.63, 3.8) is 0 Å². The summed E-state index contributed by atoms with van der Waals surface area (Å²) in [5, 5.41) is 0. The lowest BCUT2D eigenvalue weighted by molar-refractivity contribution is 0.0317. The van der Waals surface area contributed by atoms with Crippen molar-refractivity contribution in [1.29, 1.82) is 0 Å². The summed E-state index contributed by atoms with van der Waals surface area (Å²) in [4.78, 5) is 2.69. The number of rotatable bonds is 1. The molecule has 1 aliphatic heterocycles. The Morgan fingerprint density at radius 1 is 1.31 bits per heavy atom. The average molecular weight is 183 g/mol. The van der Waals surface area contributed by atoms with Gasteiger partial charge in [-0.05, 0) is 52.5 Å². The van der Waals surface area contributed by atoms with Crippen LogP contribution in [0.15, 0.2) is 0 Å². The number of piperidine rings is 1. The van der Waals surface area contributed by atoms with E-state index in [1.165, 1.54) is 25.8 Å². The van der Waals surface area contributed by atoms with Crippen molar-refractivity contribution < 1.29 is 0 Å². The van der Waals surface area contributed by atoms with E-state index in [-0.39, 0.29) is 0 Å². The summed E-state index contributed by atoms with van der Waals surface area (Å²) in [7, 11) is 0. The second-order valence-corrected chi connectivity index (χ2v) is 5.56. The van der Waals surface area contributed by atoms with Crippen LogP contribution in [0.5, 0.6) is 0 Å². The molecule has 0 aromatic carbocycles. The van der Waals surface area contributed by atoms with Crippen LogP contribution in [0.25, 0.3) is 0 Å². The van der Waals surface area contributed by atoms with Crippen LogP contribution in [0.1, 0.15) is 53.9 Å². The highest BCUT2D eigenvalue weighted by Gasteiger charge is 2.31. The molecular formula is C12H25N. The molecule has 0 amide bonds. The van der Waals surface area contributed by atoms with Crippen LogP contribution in [0.4, 0.5) is 0 Å². The third-order valence-corrected chi connectivity index (χ3v) is 3.31. The molecule has 1 heteroatoms. The van der Waals surface area contributed by atoms with E-state index in [1.54, 1.807) is 0 Å². The fourth-order valence-electron chi connectivity index (χ4n) is 2.52. The highest BCUT2D eigenvalue weighted by atomic mass is 15.2. The second-order valence-electron chi connectivity index (χ2n) is 5.56. The van der Waals surface area contributed by atoms with E-state index in [4.69, 9.17) is 0 Å². The maximum absolute atomic E-state index is 2.69. The van der Waals surface area contributed by atoms with Gasteiger partial charge in [0.15, 0.2) is 0 Å². The van der Waals surface area contributed by atoms with E-state index >= 15 is 0 Å². The van der Waals surface area contributed by atoms with Crippen LogP contribution in [-0.4, -0.2) is 23.0 Å². The fraction of sp³-hybridized carbons (Fsp3) is 1.00. The summed E-state index contributed by atoms with van der Waals surface area (Å²) in [6.07, 6.45) is 4.09. The van der Waals surface area contributed by atoms with Crippen molar-refractivity contribution in [3.05, 3.63) is 0 Å². The largest absolute Gasteiger partial charge is 0.296 e. The molecule has 0 aromatic heterocycles. The molecule has 0 aromatic rings. The van der Waals surface area contributed by atoms with Crippen LogP contribution in [0.2, 0.25) is 0 Å². The van der Waals surface area contributed by atoms with Crippen LogP contribution in [0.3, 0.4) is 0 Å². The molecule has 0 spiro atoms. The molecular weight excluding hydrogens is 158 g/mol. The van der Waals surface area contributed by atoms with E-state index < -0.39 is 0 Å². The van der Waals surface area contributed by atoms with Crippen molar-refractivity contribution in [1.82, 2.24) is 4.90 Å². The van der Waals surface area contributed by atoms with Crippen LogP contribution in [-0.2, 0) is 0 Å². The normalized spacial score (nSPS) is 32.1. The molecule has 2 unspecified atom stereocenters. The topological polar surface area (TPSA) is 3.24 Å². The lowest BCUT2D eigenvalue weighted by Gasteiger charge is -2.46. The molecule has 0 aliphatic carbocycles. The van der Waals surface area contributed by atoms with Gasteiger partial charge in [-0.25, -0.2) is 0 Å². The molecule has 2 atom stereocenters. The van der Waals surface area contributed by atoms with Gasteiger partial charge in [0.2, 0.25) is 0 Å².